The zero-order valence-corrected chi connectivity index (χ0v) is 13.5. The van der Waals surface area contributed by atoms with Crippen LogP contribution in [0.5, 0.6) is 0 Å². The van der Waals surface area contributed by atoms with E-state index in [1.54, 1.807) is 0 Å². The summed E-state index contributed by atoms with van der Waals surface area (Å²) in [5.41, 5.74) is 3.57. The lowest BCUT2D eigenvalue weighted by Gasteiger charge is -2.28. The average Bonchev–Trinajstić information content (AvgIpc) is 3.01. The molecule has 8 heteroatoms. The number of hydrogen-bond donors (Lipinski definition) is 3. The van der Waals surface area contributed by atoms with Crippen molar-refractivity contribution in [1.29, 1.82) is 0 Å². The van der Waals surface area contributed by atoms with Crippen LogP contribution in [0, 0.1) is 0 Å². The Morgan fingerprint density at radius 3 is 2.54 bits per heavy atom. The third-order valence-electron chi connectivity index (χ3n) is 3.52. The second kappa shape index (κ2) is 7.41. The number of benzene rings is 1. The molecule has 1 fully saturated rings. The Bertz CT molecular complexity index is 637. The van der Waals surface area contributed by atoms with Gasteiger partial charge in [-0.3, -0.25) is 20.4 Å². The van der Waals surface area contributed by atoms with Crippen molar-refractivity contribution in [3.63, 3.8) is 0 Å². The van der Waals surface area contributed by atoms with Gasteiger partial charge in [0, 0.05) is 12.0 Å². The van der Waals surface area contributed by atoms with Gasteiger partial charge in [0.05, 0.1) is 24.9 Å². The van der Waals surface area contributed by atoms with Crippen LogP contribution in [0.4, 0.5) is 0 Å². The monoisotopic (exact) mass is 336 g/mol. The number of amides is 2. The molecule has 1 heterocycles. The molecular formula is C16H20N2O6. The van der Waals surface area contributed by atoms with E-state index in [4.69, 9.17) is 14.6 Å². The van der Waals surface area contributed by atoms with E-state index < -0.39 is 23.4 Å². The summed E-state index contributed by atoms with van der Waals surface area (Å²) in [5.74, 6) is -2.26. The van der Waals surface area contributed by atoms with Crippen molar-refractivity contribution < 1.29 is 29.0 Å². The number of hydrogen-bond acceptors (Lipinski definition) is 5. The van der Waals surface area contributed by atoms with Crippen LogP contribution in [0.2, 0.25) is 0 Å². The molecule has 0 aromatic heterocycles. The van der Waals surface area contributed by atoms with Gasteiger partial charge in [-0.1, -0.05) is 6.07 Å². The van der Waals surface area contributed by atoms with Gasteiger partial charge in [0.1, 0.15) is 0 Å². The molecule has 1 unspecified atom stereocenters. The zero-order chi connectivity index (χ0) is 17.7. The van der Waals surface area contributed by atoms with Crippen LogP contribution in [-0.2, 0) is 14.3 Å². The van der Waals surface area contributed by atoms with Gasteiger partial charge < -0.3 is 14.6 Å². The van der Waals surface area contributed by atoms with Gasteiger partial charge in [0.25, 0.3) is 11.8 Å². The number of ether oxygens (including phenoxy) is 2. The first-order chi connectivity index (χ1) is 11.3. The molecule has 1 atom stereocenters. The van der Waals surface area contributed by atoms with Crippen LogP contribution >= 0.6 is 0 Å². The number of nitrogens with one attached hydrogen (secondary N) is 2. The highest BCUT2D eigenvalue weighted by Crippen LogP contribution is 2.25. The standard InChI is InChI=1S/C16H20N2O6/c1-10(2)24-16(6-7-23-9-16)15(22)18-17-13(19)11-4-3-5-12(8-11)14(20)21/h3-5,8,10H,6-7,9H2,1-2H3,(H,17,19)(H,18,22)(H,20,21). The number of rotatable bonds is 5. The fraction of sp³-hybridized carbons (Fsp3) is 0.438. The van der Waals surface area contributed by atoms with Crippen molar-refractivity contribution in [1.82, 2.24) is 10.9 Å². The van der Waals surface area contributed by atoms with Crippen molar-refractivity contribution in [2.75, 3.05) is 13.2 Å². The van der Waals surface area contributed by atoms with E-state index in [1.807, 2.05) is 13.8 Å². The van der Waals surface area contributed by atoms with Gasteiger partial charge in [-0.25, -0.2) is 4.79 Å². The van der Waals surface area contributed by atoms with Crippen molar-refractivity contribution in [2.24, 2.45) is 0 Å². The van der Waals surface area contributed by atoms with Crippen LogP contribution < -0.4 is 10.9 Å². The number of carboxylic acid groups (broad SMARTS) is 1. The molecule has 0 spiro atoms. The molecule has 8 nitrogen and oxygen atoms in total. The van der Waals surface area contributed by atoms with Crippen molar-refractivity contribution in [3.8, 4) is 0 Å². The first-order valence-corrected chi connectivity index (χ1v) is 7.54. The lowest BCUT2D eigenvalue weighted by atomic mass is 10.0. The molecule has 1 aliphatic rings. The summed E-state index contributed by atoms with van der Waals surface area (Å²) in [7, 11) is 0. The maximum atomic E-state index is 12.4. The fourth-order valence-electron chi connectivity index (χ4n) is 2.42. The summed E-state index contributed by atoms with van der Waals surface area (Å²) in [4.78, 5) is 35.4. The van der Waals surface area contributed by atoms with Crippen LogP contribution in [0.15, 0.2) is 24.3 Å². The lowest BCUT2D eigenvalue weighted by Crippen LogP contribution is -2.55. The Morgan fingerprint density at radius 2 is 1.96 bits per heavy atom. The summed E-state index contributed by atoms with van der Waals surface area (Å²) in [6.07, 6.45) is 0.210. The molecule has 0 saturated carbocycles. The predicted molar refractivity (Wildman–Crippen MR) is 83.4 cm³/mol. The van der Waals surface area contributed by atoms with Gasteiger partial charge >= 0.3 is 5.97 Å². The van der Waals surface area contributed by atoms with E-state index in [-0.39, 0.29) is 23.8 Å². The minimum Gasteiger partial charge on any atom is -0.478 e. The lowest BCUT2D eigenvalue weighted by molar-refractivity contribution is -0.154. The third-order valence-corrected chi connectivity index (χ3v) is 3.52. The Morgan fingerprint density at radius 1 is 1.25 bits per heavy atom. The third kappa shape index (κ3) is 4.09. The Hall–Kier alpha value is -2.45. The van der Waals surface area contributed by atoms with Crippen LogP contribution in [-0.4, -0.2) is 47.8 Å². The Kier molecular flexibility index (Phi) is 5.53. The number of carbonyl (C=O) groups excluding carboxylic acids is 2. The van der Waals surface area contributed by atoms with Crippen molar-refractivity contribution >= 4 is 17.8 Å². The minimum absolute atomic E-state index is 0.0159. The highest BCUT2D eigenvalue weighted by Gasteiger charge is 2.44. The molecule has 2 rings (SSSR count). The Labute approximate surface area is 139 Å². The van der Waals surface area contributed by atoms with Crippen LogP contribution in [0.1, 0.15) is 41.0 Å². The topological polar surface area (TPSA) is 114 Å². The number of aromatic carboxylic acids is 1. The summed E-state index contributed by atoms with van der Waals surface area (Å²) < 4.78 is 10.9. The molecular weight excluding hydrogens is 316 g/mol. The zero-order valence-electron chi connectivity index (χ0n) is 13.5. The maximum Gasteiger partial charge on any atom is 0.335 e. The van der Waals surface area contributed by atoms with Gasteiger partial charge in [-0.15, -0.1) is 0 Å². The summed E-state index contributed by atoms with van der Waals surface area (Å²) in [6.45, 7) is 4.13. The largest absolute Gasteiger partial charge is 0.478 e. The van der Waals surface area contributed by atoms with Crippen molar-refractivity contribution in [3.05, 3.63) is 35.4 Å². The van der Waals surface area contributed by atoms with E-state index in [0.717, 1.165) is 0 Å². The second-order valence-electron chi connectivity index (χ2n) is 5.76. The second-order valence-corrected chi connectivity index (χ2v) is 5.76. The normalized spacial score (nSPS) is 20.0. The van der Waals surface area contributed by atoms with Crippen molar-refractivity contribution in [2.45, 2.75) is 32.0 Å². The summed E-state index contributed by atoms with van der Waals surface area (Å²) in [5, 5.41) is 8.94. The SMILES string of the molecule is CC(C)OC1(C(=O)NNC(=O)c2cccc(C(=O)O)c2)CCOC1. The summed E-state index contributed by atoms with van der Waals surface area (Å²) >= 11 is 0. The molecule has 130 valence electrons. The average molecular weight is 336 g/mol. The first-order valence-electron chi connectivity index (χ1n) is 7.54. The molecule has 0 bridgehead atoms. The van der Waals surface area contributed by atoms with E-state index >= 15 is 0 Å². The molecule has 0 radical (unpaired) electrons. The summed E-state index contributed by atoms with van der Waals surface area (Å²) in [6, 6.07) is 5.50. The Balaban J connectivity index is 2.01. The number of hydrazine groups is 1. The van der Waals surface area contributed by atoms with Crippen LogP contribution in [0.25, 0.3) is 0 Å². The van der Waals surface area contributed by atoms with E-state index in [0.29, 0.717) is 13.0 Å². The quantitative estimate of drug-likeness (QED) is 0.683. The van der Waals surface area contributed by atoms with Gasteiger partial charge in [0.2, 0.25) is 0 Å². The number of carboxylic acids is 1. The molecule has 0 aliphatic carbocycles. The smallest absolute Gasteiger partial charge is 0.335 e. The highest BCUT2D eigenvalue weighted by atomic mass is 16.6. The molecule has 1 aromatic rings. The van der Waals surface area contributed by atoms with Gasteiger partial charge in [0.15, 0.2) is 5.60 Å². The molecule has 1 saturated heterocycles. The van der Waals surface area contributed by atoms with Gasteiger partial charge in [-0.2, -0.15) is 0 Å². The molecule has 2 amide bonds. The minimum atomic E-state index is -1.14. The molecule has 24 heavy (non-hydrogen) atoms. The first kappa shape index (κ1) is 17.9. The maximum absolute atomic E-state index is 12.4. The van der Waals surface area contributed by atoms with E-state index in [1.165, 1.54) is 24.3 Å². The molecule has 1 aliphatic heterocycles. The molecule has 1 aromatic carbocycles. The van der Waals surface area contributed by atoms with E-state index in [2.05, 4.69) is 10.9 Å². The molecule has 3 N–H and O–H groups in total. The fourth-order valence-corrected chi connectivity index (χ4v) is 2.42. The van der Waals surface area contributed by atoms with Gasteiger partial charge in [-0.05, 0) is 32.0 Å². The van der Waals surface area contributed by atoms with Crippen LogP contribution in [0.3, 0.4) is 0 Å². The number of carbonyl (C=O) groups is 3. The predicted octanol–water partition coefficient (Wildman–Crippen LogP) is 0.730. The highest BCUT2D eigenvalue weighted by molar-refractivity contribution is 5.98. The van der Waals surface area contributed by atoms with E-state index in [9.17, 15) is 14.4 Å².